The van der Waals surface area contributed by atoms with Crippen molar-refractivity contribution in [3.63, 3.8) is 0 Å². The Hall–Kier alpha value is -0.450. The van der Waals surface area contributed by atoms with Gasteiger partial charge in [0.2, 0.25) is 0 Å². The SMILES string of the molecule is C#CCc1ccc(Br)c(Cl)c1. The van der Waals surface area contributed by atoms with Crippen LogP contribution in [0.5, 0.6) is 0 Å². The fourth-order valence-corrected chi connectivity index (χ4v) is 1.22. The van der Waals surface area contributed by atoms with E-state index < -0.39 is 0 Å². The molecule has 0 atom stereocenters. The predicted molar refractivity (Wildman–Crippen MR) is 51.7 cm³/mol. The molecule has 0 heterocycles. The molecule has 0 fully saturated rings. The summed E-state index contributed by atoms with van der Waals surface area (Å²) in [6, 6.07) is 5.72. The fraction of sp³-hybridized carbons (Fsp3) is 0.111. The first kappa shape index (κ1) is 8.64. The Kier molecular flexibility index (Phi) is 2.99. The van der Waals surface area contributed by atoms with Crippen molar-refractivity contribution in [1.82, 2.24) is 0 Å². The van der Waals surface area contributed by atoms with E-state index in [9.17, 15) is 0 Å². The van der Waals surface area contributed by atoms with E-state index in [1.165, 1.54) is 0 Å². The molecular formula is C9H6BrCl. The van der Waals surface area contributed by atoms with Gasteiger partial charge in [0.15, 0.2) is 0 Å². The second-order valence-electron chi connectivity index (χ2n) is 2.13. The van der Waals surface area contributed by atoms with Crippen LogP contribution in [0.25, 0.3) is 0 Å². The smallest absolute Gasteiger partial charge is 0.0551 e. The van der Waals surface area contributed by atoms with Gasteiger partial charge in [-0.05, 0) is 33.6 Å². The molecular weight excluding hydrogens is 223 g/mol. The van der Waals surface area contributed by atoms with Crippen molar-refractivity contribution in [2.45, 2.75) is 6.42 Å². The molecule has 0 aliphatic heterocycles. The summed E-state index contributed by atoms with van der Waals surface area (Å²) in [5, 5.41) is 0.706. The Morgan fingerprint density at radius 3 is 2.82 bits per heavy atom. The summed E-state index contributed by atoms with van der Waals surface area (Å²) in [7, 11) is 0. The third kappa shape index (κ3) is 2.25. The summed E-state index contributed by atoms with van der Waals surface area (Å²) >= 11 is 9.13. The predicted octanol–water partition coefficient (Wildman–Crippen LogP) is 3.28. The highest BCUT2D eigenvalue weighted by Crippen LogP contribution is 2.23. The number of rotatable bonds is 1. The highest BCUT2D eigenvalue weighted by Gasteiger charge is 1.96. The van der Waals surface area contributed by atoms with Gasteiger partial charge in [-0.2, -0.15) is 0 Å². The zero-order valence-corrected chi connectivity index (χ0v) is 8.11. The van der Waals surface area contributed by atoms with Crippen molar-refractivity contribution in [3.05, 3.63) is 33.3 Å². The Balaban J connectivity index is 2.98. The molecule has 0 aliphatic carbocycles. The van der Waals surface area contributed by atoms with Gasteiger partial charge < -0.3 is 0 Å². The first-order valence-corrected chi connectivity index (χ1v) is 4.28. The first-order valence-electron chi connectivity index (χ1n) is 3.11. The molecule has 56 valence electrons. The fourth-order valence-electron chi connectivity index (χ4n) is 0.767. The molecule has 2 heteroatoms. The van der Waals surface area contributed by atoms with E-state index in [0.717, 1.165) is 10.0 Å². The van der Waals surface area contributed by atoms with E-state index in [2.05, 4.69) is 21.9 Å². The van der Waals surface area contributed by atoms with Gasteiger partial charge in [-0.1, -0.05) is 17.7 Å². The van der Waals surface area contributed by atoms with Crippen molar-refractivity contribution in [2.24, 2.45) is 0 Å². The summed E-state index contributed by atoms with van der Waals surface area (Å²) in [4.78, 5) is 0. The van der Waals surface area contributed by atoms with Gasteiger partial charge in [0.1, 0.15) is 0 Å². The summed E-state index contributed by atoms with van der Waals surface area (Å²) in [6.45, 7) is 0. The highest BCUT2D eigenvalue weighted by molar-refractivity contribution is 9.10. The quantitative estimate of drug-likeness (QED) is 0.648. The second kappa shape index (κ2) is 3.80. The zero-order valence-electron chi connectivity index (χ0n) is 5.77. The minimum Gasteiger partial charge on any atom is -0.120 e. The van der Waals surface area contributed by atoms with Crippen molar-refractivity contribution in [2.75, 3.05) is 0 Å². The van der Waals surface area contributed by atoms with Crippen molar-refractivity contribution >= 4 is 27.5 Å². The molecule has 0 saturated heterocycles. The number of halogens is 2. The van der Waals surface area contributed by atoms with E-state index in [4.69, 9.17) is 18.0 Å². The number of benzene rings is 1. The molecule has 0 unspecified atom stereocenters. The van der Waals surface area contributed by atoms with Gasteiger partial charge in [0.25, 0.3) is 0 Å². The van der Waals surface area contributed by atoms with Crippen LogP contribution in [0, 0.1) is 12.3 Å². The summed E-state index contributed by atoms with van der Waals surface area (Å²) < 4.78 is 0.903. The third-order valence-electron chi connectivity index (χ3n) is 1.29. The molecule has 1 aromatic rings. The minimum absolute atomic E-state index is 0.632. The molecule has 0 amide bonds. The highest BCUT2D eigenvalue weighted by atomic mass is 79.9. The molecule has 0 nitrogen and oxygen atoms in total. The average Bonchev–Trinajstić information content (AvgIpc) is 1.98. The van der Waals surface area contributed by atoms with Gasteiger partial charge >= 0.3 is 0 Å². The molecule has 1 rings (SSSR count). The van der Waals surface area contributed by atoms with E-state index in [1.807, 2.05) is 18.2 Å². The van der Waals surface area contributed by atoms with Crippen LogP contribution >= 0.6 is 27.5 Å². The normalized spacial score (nSPS) is 9.18. The van der Waals surface area contributed by atoms with Crippen LogP contribution in [0.15, 0.2) is 22.7 Å². The maximum atomic E-state index is 5.83. The van der Waals surface area contributed by atoms with E-state index >= 15 is 0 Å². The van der Waals surface area contributed by atoms with E-state index in [-0.39, 0.29) is 0 Å². The number of hydrogen-bond acceptors (Lipinski definition) is 0. The van der Waals surface area contributed by atoms with Crippen LogP contribution in [-0.4, -0.2) is 0 Å². The molecule has 0 spiro atoms. The maximum Gasteiger partial charge on any atom is 0.0551 e. The topological polar surface area (TPSA) is 0 Å². The monoisotopic (exact) mass is 228 g/mol. The van der Waals surface area contributed by atoms with E-state index in [0.29, 0.717) is 11.4 Å². The molecule has 0 aromatic heterocycles. The van der Waals surface area contributed by atoms with E-state index in [1.54, 1.807) is 0 Å². The lowest BCUT2D eigenvalue weighted by Crippen LogP contribution is -1.80. The Labute approximate surface area is 79.7 Å². The summed E-state index contributed by atoms with van der Waals surface area (Å²) in [5.41, 5.74) is 1.07. The standard InChI is InChI=1S/C9H6BrCl/c1-2-3-7-4-5-8(10)9(11)6-7/h1,4-6H,3H2. The Morgan fingerprint density at radius 1 is 1.55 bits per heavy atom. The molecule has 0 aliphatic rings. The molecule has 1 aromatic carbocycles. The Morgan fingerprint density at radius 2 is 2.27 bits per heavy atom. The largest absolute Gasteiger partial charge is 0.120 e. The molecule has 11 heavy (non-hydrogen) atoms. The van der Waals surface area contributed by atoms with Crippen molar-refractivity contribution in [1.29, 1.82) is 0 Å². The molecule has 0 radical (unpaired) electrons. The first-order chi connectivity index (χ1) is 5.24. The lowest BCUT2D eigenvalue weighted by atomic mass is 10.2. The summed E-state index contributed by atoms with van der Waals surface area (Å²) in [5.74, 6) is 2.56. The van der Waals surface area contributed by atoms with Gasteiger partial charge in [0, 0.05) is 10.9 Å². The molecule has 0 N–H and O–H groups in total. The van der Waals surface area contributed by atoms with Crippen LogP contribution in [0.1, 0.15) is 5.56 Å². The van der Waals surface area contributed by atoms with Crippen molar-refractivity contribution in [3.8, 4) is 12.3 Å². The van der Waals surface area contributed by atoms with Crippen LogP contribution in [0.2, 0.25) is 5.02 Å². The van der Waals surface area contributed by atoms with Gasteiger partial charge in [-0.25, -0.2) is 0 Å². The third-order valence-corrected chi connectivity index (χ3v) is 2.52. The number of terminal acetylenes is 1. The lowest BCUT2D eigenvalue weighted by molar-refractivity contribution is 1.32. The minimum atomic E-state index is 0.632. The van der Waals surface area contributed by atoms with Gasteiger partial charge in [-0.15, -0.1) is 12.3 Å². The Bertz CT molecular complexity index is 299. The average molecular weight is 230 g/mol. The number of hydrogen-bond donors (Lipinski definition) is 0. The van der Waals surface area contributed by atoms with Crippen LogP contribution in [0.3, 0.4) is 0 Å². The van der Waals surface area contributed by atoms with Gasteiger partial charge in [-0.3, -0.25) is 0 Å². The van der Waals surface area contributed by atoms with Crippen molar-refractivity contribution < 1.29 is 0 Å². The second-order valence-corrected chi connectivity index (χ2v) is 3.39. The van der Waals surface area contributed by atoms with Gasteiger partial charge in [0.05, 0.1) is 5.02 Å². The molecule has 0 saturated carbocycles. The van der Waals surface area contributed by atoms with Crippen LogP contribution < -0.4 is 0 Å². The van der Waals surface area contributed by atoms with Crippen LogP contribution in [-0.2, 0) is 6.42 Å². The summed E-state index contributed by atoms with van der Waals surface area (Å²) in [6.07, 6.45) is 5.78. The van der Waals surface area contributed by atoms with Crippen LogP contribution in [0.4, 0.5) is 0 Å². The zero-order chi connectivity index (χ0) is 8.27. The molecule has 0 bridgehead atoms. The maximum absolute atomic E-state index is 5.83. The lowest BCUT2D eigenvalue weighted by Gasteiger charge is -1.97.